The van der Waals surface area contributed by atoms with Gasteiger partial charge in [-0.1, -0.05) is 6.08 Å². The molecule has 19 heavy (non-hydrogen) atoms. The lowest BCUT2D eigenvalue weighted by Crippen LogP contribution is -2.45. The lowest BCUT2D eigenvalue weighted by molar-refractivity contribution is -0.149. The lowest BCUT2D eigenvalue weighted by atomic mass is 10.1. The first-order valence-electron chi connectivity index (χ1n) is 6.09. The van der Waals surface area contributed by atoms with Gasteiger partial charge < -0.3 is 9.26 Å². The monoisotopic (exact) mass is 307 g/mol. The average molecular weight is 308 g/mol. The number of esters is 1. The molecule has 0 spiro atoms. The van der Waals surface area contributed by atoms with Crippen LogP contribution < -0.4 is 5.09 Å². The molecule has 1 N–H and O–H groups in total. The van der Waals surface area contributed by atoms with Crippen LogP contribution in [0.5, 0.6) is 0 Å². The molecule has 0 saturated heterocycles. The first-order chi connectivity index (χ1) is 8.77. The smallest absolute Gasteiger partial charge is 0.410 e. The summed E-state index contributed by atoms with van der Waals surface area (Å²) in [7, 11) is 0. The predicted octanol–water partition coefficient (Wildman–Crippen LogP) is 3.52. The summed E-state index contributed by atoms with van der Waals surface area (Å²) in [4.78, 5) is 11.7. The fraction of sp³-hybridized carbons (Fsp3) is 0.583. The Hall–Kier alpha value is -0.770. The molecule has 0 amide bonds. The number of hydrogen-bond donors (Lipinski definition) is 1. The molecule has 1 rings (SSSR count). The van der Waals surface area contributed by atoms with Gasteiger partial charge in [0.1, 0.15) is 11.3 Å². The molecule has 0 heterocycles. The van der Waals surface area contributed by atoms with Gasteiger partial charge in [-0.2, -0.15) is 0 Å². The van der Waals surface area contributed by atoms with E-state index in [2.05, 4.69) is 5.09 Å². The van der Waals surface area contributed by atoms with Crippen LogP contribution >= 0.6 is 18.1 Å². The van der Waals surface area contributed by atoms with Crippen LogP contribution in [0, 0.1) is 0 Å². The van der Waals surface area contributed by atoms with E-state index in [4.69, 9.17) is 20.5 Å². The van der Waals surface area contributed by atoms with Gasteiger partial charge in [0.25, 0.3) is 0 Å². The number of hydrogen-bond acceptors (Lipinski definition) is 4. The molecule has 0 aromatic rings. The van der Waals surface area contributed by atoms with Crippen molar-refractivity contribution in [2.75, 3.05) is 6.61 Å². The predicted molar refractivity (Wildman–Crippen MR) is 74.8 cm³/mol. The molecule has 1 aliphatic rings. The van der Waals surface area contributed by atoms with E-state index in [1.807, 2.05) is 6.08 Å². The lowest BCUT2D eigenvalue weighted by Gasteiger charge is -2.26. The summed E-state index contributed by atoms with van der Waals surface area (Å²) < 4.78 is 22.3. The number of rotatable bonds is 6. The Morgan fingerprint density at radius 1 is 1.53 bits per heavy atom. The van der Waals surface area contributed by atoms with Crippen LogP contribution in [0.1, 0.15) is 33.6 Å². The number of allylic oxidation sites excluding steroid dienone is 3. The van der Waals surface area contributed by atoms with Crippen molar-refractivity contribution in [3.05, 3.63) is 24.0 Å². The molecule has 0 fully saturated rings. The molecule has 1 unspecified atom stereocenters. The Kier molecular flexibility index (Phi) is 5.65. The van der Waals surface area contributed by atoms with Gasteiger partial charge in [0.2, 0.25) is 0 Å². The standard InChI is InChI=1S/C12H19ClNO4P/c1-4-17-11(15)12(2,3)14-19(13,16)18-10-8-6-5-7-9-10/h6,8-9H,4-5,7H2,1-3H3,(H,14,16). The minimum Gasteiger partial charge on any atom is -0.465 e. The fourth-order valence-electron chi connectivity index (χ4n) is 1.51. The van der Waals surface area contributed by atoms with E-state index in [9.17, 15) is 9.36 Å². The van der Waals surface area contributed by atoms with Crippen molar-refractivity contribution in [3.8, 4) is 0 Å². The van der Waals surface area contributed by atoms with Crippen molar-refractivity contribution >= 4 is 24.1 Å². The van der Waals surface area contributed by atoms with Crippen molar-refractivity contribution in [2.24, 2.45) is 0 Å². The van der Waals surface area contributed by atoms with Crippen LogP contribution in [0.15, 0.2) is 24.0 Å². The third kappa shape index (κ3) is 5.39. The van der Waals surface area contributed by atoms with Gasteiger partial charge in [0.05, 0.1) is 6.61 Å². The summed E-state index contributed by atoms with van der Waals surface area (Å²) in [5.41, 5.74) is -1.19. The number of carbonyl (C=O) groups is 1. The minimum absolute atomic E-state index is 0.241. The Bertz CT molecular complexity index is 445. The molecule has 0 bridgehead atoms. The maximum atomic E-state index is 12.2. The van der Waals surface area contributed by atoms with E-state index in [-0.39, 0.29) is 6.61 Å². The van der Waals surface area contributed by atoms with Gasteiger partial charge in [0.15, 0.2) is 0 Å². The number of nitrogens with one attached hydrogen (secondary N) is 1. The molecular formula is C12H19ClNO4P. The molecule has 0 aliphatic heterocycles. The van der Waals surface area contributed by atoms with Gasteiger partial charge in [-0.25, -0.2) is 9.65 Å². The molecule has 0 saturated carbocycles. The maximum Gasteiger partial charge on any atom is 0.410 e. The van der Waals surface area contributed by atoms with Crippen LogP contribution in [0.2, 0.25) is 0 Å². The zero-order valence-corrected chi connectivity index (χ0v) is 13.0. The van der Waals surface area contributed by atoms with Crippen molar-refractivity contribution in [3.63, 3.8) is 0 Å². The Balaban J connectivity index is 2.67. The van der Waals surface area contributed by atoms with Gasteiger partial charge in [-0.05, 0) is 45.8 Å². The Labute approximate surface area is 118 Å². The second-order valence-corrected chi connectivity index (χ2v) is 7.32. The molecule has 0 aromatic carbocycles. The Morgan fingerprint density at radius 2 is 2.21 bits per heavy atom. The average Bonchev–Trinajstić information content (AvgIpc) is 2.28. The van der Waals surface area contributed by atoms with E-state index in [1.54, 1.807) is 19.1 Å². The van der Waals surface area contributed by atoms with Crippen molar-refractivity contribution in [1.82, 2.24) is 5.09 Å². The van der Waals surface area contributed by atoms with Crippen LogP contribution in [-0.4, -0.2) is 18.1 Å². The van der Waals surface area contributed by atoms with E-state index < -0.39 is 18.4 Å². The molecule has 108 valence electrons. The van der Waals surface area contributed by atoms with Crippen molar-refractivity contribution in [1.29, 1.82) is 0 Å². The molecule has 1 atom stereocenters. The summed E-state index contributed by atoms with van der Waals surface area (Å²) in [5.74, 6) is -0.0932. The highest BCUT2D eigenvalue weighted by atomic mass is 35.7. The van der Waals surface area contributed by atoms with Gasteiger partial charge in [-0.15, -0.1) is 0 Å². The molecule has 0 aromatic heterocycles. The van der Waals surface area contributed by atoms with E-state index in [0.29, 0.717) is 5.76 Å². The summed E-state index contributed by atoms with van der Waals surface area (Å²) >= 11 is 5.84. The van der Waals surface area contributed by atoms with Gasteiger partial charge >= 0.3 is 12.8 Å². The number of halogens is 1. The second-order valence-electron chi connectivity index (χ2n) is 4.61. The zero-order chi connectivity index (χ0) is 14.5. The summed E-state index contributed by atoms with van der Waals surface area (Å²) in [6, 6.07) is 0. The number of carbonyl (C=O) groups excluding carboxylic acids is 1. The maximum absolute atomic E-state index is 12.2. The molecule has 5 nitrogen and oxygen atoms in total. The molecule has 0 radical (unpaired) electrons. The second kappa shape index (κ2) is 6.60. The van der Waals surface area contributed by atoms with Crippen LogP contribution in [0.4, 0.5) is 0 Å². The van der Waals surface area contributed by atoms with Gasteiger partial charge in [0, 0.05) is 11.2 Å². The van der Waals surface area contributed by atoms with Crippen molar-refractivity contribution < 1.29 is 18.6 Å². The van der Waals surface area contributed by atoms with Crippen LogP contribution in [0.3, 0.4) is 0 Å². The molecule has 7 heteroatoms. The van der Waals surface area contributed by atoms with E-state index >= 15 is 0 Å². The third-order valence-corrected chi connectivity index (χ3v) is 4.11. The highest BCUT2D eigenvalue weighted by Gasteiger charge is 2.37. The minimum atomic E-state index is -3.66. The van der Waals surface area contributed by atoms with E-state index in [0.717, 1.165) is 12.8 Å². The molecule has 1 aliphatic carbocycles. The molecular weight excluding hydrogens is 289 g/mol. The van der Waals surface area contributed by atoms with Crippen LogP contribution in [0.25, 0.3) is 0 Å². The Morgan fingerprint density at radius 3 is 2.74 bits per heavy atom. The number of ether oxygens (including phenoxy) is 1. The highest BCUT2D eigenvalue weighted by molar-refractivity contribution is 7.83. The SMILES string of the molecule is CCOC(=O)C(C)(C)NP(=O)(Cl)OC1=CCCC=C1. The summed E-state index contributed by atoms with van der Waals surface area (Å²) in [6.07, 6.45) is 7.14. The van der Waals surface area contributed by atoms with Gasteiger partial charge in [-0.3, -0.25) is 4.79 Å². The quantitative estimate of drug-likeness (QED) is 0.601. The summed E-state index contributed by atoms with van der Waals surface area (Å²) in [5, 5.41) is 2.51. The van der Waals surface area contributed by atoms with Crippen molar-refractivity contribution in [2.45, 2.75) is 39.2 Å². The normalized spacial score (nSPS) is 18.4. The first kappa shape index (κ1) is 16.3. The van der Waals surface area contributed by atoms with Crippen LogP contribution in [-0.2, 0) is 18.6 Å². The highest BCUT2D eigenvalue weighted by Crippen LogP contribution is 2.52. The zero-order valence-electron chi connectivity index (χ0n) is 11.3. The topological polar surface area (TPSA) is 64.6 Å². The largest absolute Gasteiger partial charge is 0.465 e. The third-order valence-electron chi connectivity index (χ3n) is 2.38. The van der Waals surface area contributed by atoms with E-state index in [1.165, 1.54) is 13.8 Å². The fourth-order valence-corrected chi connectivity index (χ4v) is 3.59. The summed E-state index contributed by atoms with van der Waals surface area (Å²) in [6.45, 7) is 1.35. The first-order valence-corrected chi connectivity index (χ1v) is 8.62.